The molecule has 1 heteroatoms. The summed E-state index contributed by atoms with van der Waals surface area (Å²) in [5.74, 6) is 0. The summed E-state index contributed by atoms with van der Waals surface area (Å²) in [5, 5.41) is 5.25. The minimum atomic E-state index is 0.285. The highest BCUT2D eigenvalue weighted by Gasteiger charge is 2.23. The molecule has 3 aliphatic rings. The van der Waals surface area contributed by atoms with E-state index in [1.807, 2.05) is 0 Å². The van der Waals surface area contributed by atoms with Gasteiger partial charge in [-0.3, -0.25) is 0 Å². The Morgan fingerprint density at radius 1 is 0.650 bits per heavy atom. The third-order valence-corrected chi connectivity index (χ3v) is 8.84. The summed E-state index contributed by atoms with van der Waals surface area (Å²) in [5.41, 5.74) is 11.0. The van der Waals surface area contributed by atoms with Crippen molar-refractivity contribution in [1.29, 1.82) is 0 Å². The molecule has 192 valence electrons. The Kier molecular flexibility index (Phi) is 5.55. The molecule has 5 aromatic carbocycles. The molecule has 1 nitrogen and oxygen atoms in total. The average Bonchev–Trinajstić information content (AvgIpc) is 3.41. The van der Waals surface area contributed by atoms with Crippen molar-refractivity contribution >= 4 is 38.5 Å². The third kappa shape index (κ3) is 3.93. The van der Waals surface area contributed by atoms with Crippen molar-refractivity contribution < 1.29 is 0 Å². The van der Waals surface area contributed by atoms with Crippen LogP contribution in [0, 0.1) is 0 Å². The van der Waals surface area contributed by atoms with Crippen LogP contribution in [0.25, 0.3) is 38.2 Å². The number of nitrogens with zero attached hydrogens (tertiary/aromatic N) is 1. The molecule has 0 N–H and O–H groups in total. The van der Waals surface area contributed by atoms with E-state index in [-0.39, 0.29) is 6.04 Å². The number of anilines is 2. The van der Waals surface area contributed by atoms with Crippen LogP contribution in [0.15, 0.2) is 139 Å². The summed E-state index contributed by atoms with van der Waals surface area (Å²) >= 11 is 0. The maximum absolute atomic E-state index is 2.48. The minimum absolute atomic E-state index is 0.285. The zero-order valence-electron chi connectivity index (χ0n) is 22.6. The number of fused-ring (bicyclic) bond motifs is 5. The number of rotatable bonds is 4. The van der Waals surface area contributed by atoms with Crippen LogP contribution in [-0.4, -0.2) is 6.04 Å². The molecular weight excluding hydrogens is 482 g/mol. The molecule has 8 rings (SSSR count). The summed E-state index contributed by atoms with van der Waals surface area (Å²) in [6.07, 6.45) is 18.1. The number of hydrogen-bond donors (Lipinski definition) is 0. The molecular formula is C39H31N. The van der Waals surface area contributed by atoms with Gasteiger partial charge in [-0.25, -0.2) is 0 Å². The Morgan fingerprint density at radius 2 is 1.48 bits per heavy atom. The second kappa shape index (κ2) is 9.54. The molecule has 1 atom stereocenters. The van der Waals surface area contributed by atoms with Crippen molar-refractivity contribution in [1.82, 2.24) is 0 Å². The third-order valence-electron chi connectivity index (χ3n) is 8.84. The van der Waals surface area contributed by atoms with Gasteiger partial charge in [0.15, 0.2) is 0 Å². The molecule has 0 radical (unpaired) electrons. The lowest BCUT2D eigenvalue weighted by atomic mass is 9.93. The summed E-state index contributed by atoms with van der Waals surface area (Å²) in [6.45, 7) is 0. The van der Waals surface area contributed by atoms with Crippen molar-refractivity contribution in [3.05, 3.63) is 150 Å². The highest BCUT2D eigenvalue weighted by Crippen LogP contribution is 2.43. The van der Waals surface area contributed by atoms with E-state index in [0.717, 1.165) is 12.8 Å². The van der Waals surface area contributed by atoms with E-state index in [1.165, 1.54) is 73.6 Å². The normalized spacial score (nSPS) is 17.4. The van der Waals surface area contributed by atoms with Crippen LogP contribution in [-0.2, 0) is 6.42 Å². The van der Waals surface area contributed by atoms with Crippen LogP contribution in [0.2, 0.25) is 0 Å². The molecule has 1 unspecified atom stereocenters. The number of hydrogen-bond acceptors (Lipinski definition) is 1. The Labute approximate surface area is 236 Å². The topological polar surface area (TPSA) is 3.24 Å². The van der Waals surface area contributed by atoms with E-state index >= 15 is 0 Å². The molecule has 0 aliphatic heterocycles. The van der Waals surface area contributed by atoms with Crippen LogP contribution < -0.4 is 4.90 Å². The summed E-state index contributed by atoms with van der Waals surface area (Å²) in [7, 11) is 0. The van der Waals surface area contributed by atoms with E-state index < -0.39 is 0 Å². The Hall–Kier alpha value is -4.62. The predicted octanol–water partition coefficient (Wildman–Crippen LogP) is 10.3. The van der Waals surface area contributed by atoms with Gasteiger partial charge in [-0.1, -0.05) is 109 Å². The first kappa shape index (κ1) is 23.3. The lowest BCUT2D eigenvalue weighted by molar-refractivity contribution is 0.785. The largest absolute Gasteiger partial charge is 0.334 e. The molecule has 0 spiro atoms. The molecule has 0 fully saturated rings. The Morgan fingerprint density at radius 3 is 2.35 bits per heavy atom. The zero-order valence-corrected chi connectivity index (χ0v) is 22.6. The summed E-state index contributed by atoms with van der Waals surface area (Å²) < 4.78 is 0. The SMILES string of the molecule is C1=CCC(N(c2ccc(-c3ccc4c5c(ccc4c3)CC3=C5C=CCC3)cc2)c2ccc3ccccc3c2)C=C1. The van der Waals surface area contributed by atoms with Crippen molar-refractivity contribution in [2.45, 2.75) is 31.7 Å². The quantitative estimate of drug-likeness (QED) is 0.231. The van der Waals surface area contributed by atoms with E-state index in [4.69, 9.17) is 0 Å². The fourth-order valence-electron chi connectivity index (χ4n) is 6.84. The van der Waals surface area contributed by atoms with Gasteiger partial charge in [0.2, 0.25) is 0 Å². The standard InChI is InChI=1S/C39H31N/c1-2-11-34(12-3-1)40(36-22-18-27-8-4-5-9-29(27)26-36)35-20-16-28(17-21-35)30-19-23-38-32(24-30)14-15-33-25-31-10-6-7-13-37(31)39(33)38/h1-5,7-9,11,13-24,26,34H,6,10,12,25H2. The van der Waals surface area contributed by atoms with E-state index in [9.17, 15) is 0 Å². The molecule has 0 heterocycles. The minimum Gasteiger partial charge on any atom is -0.334 e. The predicted molar refractivity (Wildman–Crippen MR) is 171 cm³/mol. The van der Waals surface area contributed by atoms with Gasteiger partial charge < -0.3 is 4.90 Å². The lowest BCUT2D eigenvalue weighted by Gasteiger charge is -2.33. The van der Waals surface area contributed by atoms with E-state index in [1.54, 1.807) is 5.57 Å². The van der Waals surface area contributed by atoms with Gasteiger partial charge in [-0.2, -0.15) is 0 Å². The number of allylic oxidation sites excluding steroid dienone is 6. The van der Waals surface area contributed by atoms with Gasteiger partial charge in [-0.05, 0) is 105 Å². The highest BCUT2D eigenvalue weighted by molar-refractivity contribution is 6.02. The molecule has 0 amide bonds. The van der Waals surface area contributed by atoms with Crippen molar-refractivity contribution in [3.63, 3.8) is 0 Å². The van der Waals surface area contributed by atoms with Crippen molar-refractivity contribution in [2.75, 3.05) is 4.90 Å². The van der Waals surface area contributed by atoms with E-state index in [2.05, 4.69) is 138 Å². The molecule has 40 heavy (non-hydrogen) atoms. The number of benzene rings is 5. The highest BCUT2D eigenvalue weighted by atomic mass is 15.2. The first-order valence-corrected chi connectivity index (χ1v) is 14.5. The molecule has 0 saturated heterocycles. The maximum Gasteiger partial charge on any atom is 0.0559 e. The van der Waals surface area contributed by atoms with Crippen LogP contribution in [0.4, 0.5) is 11.4 Å². The van der Waals surface area contributed by atoms with Gasteiger partial charge >= 0.3 is 0 Å². The molecule has 3 aliphatic carbocycles. The van der Waals surface area contributed by atoms with Crippen LogP contribution in [0.1, 0.15) is 30.4 Å². The molecule has 0 aromatic heterocycles. The first-order chi connectivity index (χ1) is 19.8. The van der Waals surface area contributed by atoms with Gasteiger partial charge in [0.25, 0.3) is 0 Å². The van der Waals surface area contributed by atoms with Crippen LogP contribution in [0.5, 0.6) is 0 Å². The van der Waals surface area contributed by atoms with Crippen molar-refractivity contribution in [3.8, 4) is 11.1 Å². The second-order valence-electron chi connectivity index (χ2n) is 11.2. The smallest absolute Gasteiger partial charge is 0.0559 e. The van der Waals surface area contributed by atoms with Gasteiger partial charge in [0, 0.05) is 11.4 Å². The van der Waals surface area contributed by atoms with E-state index in [0.29, 0.717) is 0 Å². The monoisotopic (exact) mass is 513 g/mol. The molecule has 0 saturated carbocycles. The molecule has 5 aromatic rings. The summed E-state index contributed by atoms with van der Waals surface area (Å²) in [6, 6.07) is 36.5. The van der Waals surface area contributed by atoms with Crippen LogP contribution in [0.3, 0.4) is 0 Å². The summed E-state index contributed by atoms with van der Waals surface area (Å²) in [4.78, 5) is 2.48. The van der Waals surface area contributed by atoms with Gasteiger partial charge in [0.1, 0.15) is 0 Å². The Balaban J connectivity index is 1.16. The maximum atomic E-state index is 2.48. The van der Waals surface area contributed by atoms with Gasteiger partial charge in [-0.15, -0.1) is 0 Å². The van der Waals surface area contributed by atoms with Crippen LogP contribution >= 0.6 is 0 Å². The average molecular weight is 514 g/mol. The fourth-order valence-corrected chi connectivity index (χ4v) is 6.84. The van der Waals surface area contributed by atoms with Gasteiger partial charge in [0.05, 0.1) is 6.04 Å². The zero-order chi connectivity index (χ0) is 26.5. The lowest BCUT2D eigenvalue weighted by Crippen LogP contribution is -2.29. The Bertz CT molecular complexity index is 1900. The first-order valence-electron chi connectivity index (χ1n) is 14.5. The molecule has 0 bridgehead atoms. The fraction of sp³-hybridized carbons (Fsp3) is 0.128. The second-order valence-corrected chi connectivity index (χ2v) is 11.2. The van der Waals surface area contributed by atoms with Crippen molar-refractivity contribution in [2.24, 2.45) is 0 Å².